The number of cyclic esters (lactones) is 1. The maximum atomic E-state index is 14.6. The molecule has 1 atom stereocenters. The summed E-state index contributed by atoms with van der Waals surface area (Å²) >= 11 is 4.95. The molecule has 0 unspecified atom stereocenters. The monoisotopic (exact) mass is 366 g/mol. The number of anilines is 1. The molecule has 2 aliphatic rings. The number of hydrogen-bond donors (Lipinski definition) is 2. The molecule has 25 heavy (non-hydrogen) atoms. The van der Waals surface area contributed by atoms with Gasteiger partial charge in [-0.3, -0.25) is 4.90 Å². The maximum Gasteiger partial charge on any atom is 0.414 e. The van der Waals surface area contributed by atoms with Crippen LogP contribution in [0.2, 0.25) is 0 Å². The molecule has 3 rings (SSSR count). The molecule has 1 aromatic rings. The highest BCUT2D eigenvalue weighted by Gasteiger charge is 2.33. The van der Waals surface area contributed by atoms with Gasteiger partial charge < -0.3 is 15.2 Å². The van der Waals surface area contributed by atoms with Gasteiger partial charge in [-0.2, -0.15) is 0 Å². The Morgan fingerprint density at radius 3 is 2.76 bits per heavy atom. The number of amides is 1. The van der Waals surface area contributed by atoms with E-state index in [1.807, 2.05) is 0 Å². The van der Waals surface area contributed by atoms with Crippen LogP contribution in [0.1, 0.15) is 44.1 Å². The fourth-order valence-electron chi connectivity index (χ4n) is 3.50. The van der Waals surface area contributed by atoms with Crippen LogP contribution in [-0.4, -0.2) is 41.5 Å². The minimum absolute atomic E-state index is 0.130. The SMILES string of the molecule is CC(=S)NC[C@H]1CN(c2ccc(C3CCC(O)CC3)c(F)c2)C(=O)O1. The molecular formula is C18H23FN2O3S. The van der Waals surface area contributed by atoms with Crippen molar-refractivity contribution >= 4 is 29.0 Å². The molecule has 0 spiro atoms. The van der Waals surface area contributed by atoms with Crippen molar-refractivity contribution in [1.29, 1.82) is 0 Å². The van der Waals surface area contributed by atoms with Crippen molar-refractivity contribution in [1.82, 2.24) is 5.32 Å². The molecule has 2 N–H and O–H groups in total. The van der Waals surface area contributed by atoms with Gasteiger partial charge in [0.25, 0.3) is 0 Å². The lowest BCUT2D eigenvalue weighted by atomic mass is 9.82. The summed E-state index contributed by atoms with van der Waals surface area (Å²) in [5.41, 5.74) is 1.17. The summed E-state index contributed by atoms with van der Waals surface area (Å²) in [5.74, 6) is -0.173. The maximum absolute atomic E-state index is 14.6. The number of ether oxygens (including phenoxy) is 1. The number of carbonyl (C=O) groups is 1. The van der Waals surface area contributed by atoms with E-state index < -0.39 is 6.09 Å². The average molecular weight is 366 g/mol. The molecule has 0 radical (unpaired) electrons. The van der Waals surface area contributed by atoms with E-state index in [0.29, 0.717) is 42.2 Å². The van der Waals surface area contributed by atoms with Crippen molar-refractivity contribution in [3.63, 3.8) is 0 Å². The highest BCUT2D eigenvalue weighted by atomic mass is 32.1. The van der Waals surface area contributed by atoms with E-state index in [1.54, 1.807) is 19.1 Å². The van der Waals surface area contributed by atoms with Gasteiger partial charge in [0.2, 0.25) is 0 Å². The topological polar surface area (TPSA) is 61.8 Å². The summed E-state index contributed by atoms with van der Waals surface area (Å²) in [5, 5.41) is 12.6. The van der Waals surface area contributed by atoms with Gasteiger partial charge in [-0.1, -0.05) is 18.3 Å². The number of halogens is 1. The Morgan fingerprint density at radius 2 is 2.12 bits per heavy atom. The second-order valence-electron chi connectivity index (χ2n) is 6.76. The van der Waals surface area contributed by atoms with E-state index in [9.17, 15) is 14.3 Å². The molecule has 7 heteroatoms. The Kier molecular flexibility index (Phi) is 5.54. The molecule has 1 aromatic carbocycles. The Morgan fingerprint density at radius 1 is 1.40 bits per heavy atom. The van der Waals surface area contributed by atoms with Crippen molar-refractivity contribution in [3.05, 3.63) is 29.6 Å². The molecule has 1 heterocycles. The average Bonchev–Trinajstić information content (AvgIpc) is 2.95. The van der Waals surface area contributed by atoms with Gasteiger partial charge in [0.05, 0.1) is 29.9 Å². The Balaban J connectivity index is 1.68. The van der Waals surface area contributed by atoms with E-state index in [0.717, 1.165) is 12.8 Å². The standard InChI is InChI=1S/C18H23FN2O3S/c1-11(25)20-9-15-10-21(18(23)24-15)13-4-7-16(17(19)8-13)12-2-5-14(22)6-3-12/h4,7-8,12,14-15,22H,2-3,5-6,9-10H2,1H3,(H,20,25)/t12?,14?,15-/m0/s1. The van der Waals surface area contributed by atoms with Gasteiger partial charge >= 0.3 is 6.09 Å². The lowest BCUT2D eigenvalue weighted by Gasteiger charge is -2.26. The van der Waals surface area contributed by atoms with Gasteiger partial charge in [-0.05, 0) is 56.2 Å². The Labute approximate surface area is 152 Å². The van der Waals surface area contributed by atoms with E-state index in [4.69, 9.17) is 17.0 Å². The van der Waals surface area contributed by atoms with E-state index >= 15 is 0 Å². The molecule has 1 aliphatic heterocycles. The molecule has 0 aromatic heterocycles. The number of carbonyl (C=O) groups excluding carboxylic acids is 1. The fourth-order valence-corrected chi connectivity index (χ4v) is 3.58. The van der Waals surface area contributed by atoms with Crippen LogP contribution in [0.5, 0.6) is 0 Å². The highest BCUT2D eigenvalue weighted by Crippen LogP contribution is 2.35. The summed E-state index contributed by atoms with van der Waals surface area (Å²) < 4.78 is 19.9. The minimum atomic E-state index is -0.471. The van der Waals surface area contributed by atoms with Crippen molar-refractivity contribution in [2.45, 2.75) is 50.7 Å². The van der Waals surface area contributed by atoms with Crippen molar-refractivity contribution in [3.8, 4) is 0 Å². The smallest absolute Gasteiger partial charge is 0.414 e. The number of hydrogen-bond acceptors (Lipinski definition) is 4. The Bertz CT molecular complexity index is 662. The molecule has 2 fully saturated rings. The van der Waals surface area contributed by atoms with Crippen LogP contribution in [0.4, 0.5) is 14.9 Å². The van der Waals surface area contributed by atoms with Gasteiger partial charge in [0.15, 0.2) is 0 Å². The Hall–Kier alpha value is -1.73. The van der Waals surface area contributed by atoms with E-state index in [2.05, 4.69) is 5.32 Å². The third-order valence-electron chi connectivity index (χ3n) is 4.88. The molecule has 1 saturated heterocycles. The quantitative estimate of drug-likeness (QED) is 0.802. The first kappa shape index (κ1) is 18.1. The summed E-state index contributed by atoms with van der Waals surface area (Å²) in [4.78, 5) is 14.1. The second kappa shape index (κ2) is 7.66. The summed E-state index contributed by atoms with van der Waals surface area (Å²) in [6.07, 6.45) is 1.94. The minimum Gasteiger partial charge on any atom is -0.442 e. The number of nitrogens with zero attached hydrogens (tertiary/aromatic N) is 1. The number of aliphatic hydroxyl groups excluding tert-OH is 1. The van der Waals surface area contributed by atoms with Gasteiger partial charge in [0, 0.05) is 0 Å². The number of benzene rings is 1. The van der Waals surface area contributed by atoms with Crippen LogP contribution in [0.25, 0.3) is 0 Å². The van der Waals surface area contributed by atoms with Crippen LogP contribution in [-0.2, 0) is 4.74 Å². The fraction of sp³-hybridized carbons (Fsp3) is 0.556. The van der Waals surface area contributed by atoms with Crippen LogP contribution in [0, 0.1) is 5.82 Å². The summed E-state index contributed by atoms with van der Waals surface area (Å²) in [7, 11) is 0. The molecule has 0 bridgehead atoms. The largest absolute Gasteiger partial charge is 0.442 e. The van der Waals surface area contributed by atoms with Crippen molar-refractivity contribution in [2.24, 2.45) is 0 Å². The van der Waals surface area contributed by atoms with Gasteiger partial charge in [-0.15, -0.1) is 0 Å². The van der Waals surface area contributed by atoms with Crippen molar-refractivity contribution < 1.29 is 19.0 Å². The first-order chi connectivity index (χ1) is 11.9. The molecular weight excluding hydrogens is 343 g/mol. The molecule has 1 amide bonds. The third-order valence-corrected chi connectivity index (χ3v) is 5.03. The molecule has 5 nitrogen and oxygen atoms in total. The second-order valence-corrected chi connectivity index (χ2v) is 7.38. The predicted octanol–water partition coefficient (Wildman–Crippen LogP) is 3.11. The van der Waals surface area contributed by atoms with Crippen molar-refractivity contribution in [2.75, 3.05) is 18.0 Å². The summed E-state index contributed by atoms with van der Waals surface area (Å²) in [6.45, 7) is 2.58. The number of nitrogens with one attached hydrogen (secondary N) is 1. The van der Waals surface area contributed by atoms with Crippen LogP contribution in [0.15, 0.2) is 18.2 Å². The van der Waals surface area contributed by atoms with Crippen LogP contribution in [0.3, 0.4) is 0 Å². The highest BCUT2D eigenvalue weighted by molar-refractivity contribution is 7.80. The molecule has 136 valence electrons. The predicted molar refractivity (Wildman–Crippen MR) is 97.5 cm³/mol. The van der Waals surface area contributed by atoms with E-state index in [1.165, 1.54) is 11.0 Å². The zero-order valence-electron chi connectivity index (χ0n) is 14.2. The number of rotatable bonds is 4. The van der Waals surface area contributed by atoms with Crippen LogP contribution < -0.4 is 10.2 Å². The first-order valence-corrected chi connectivity index (χ1v) is 9.05. The molecule has 1 aliphatic carbocycles. The normalized spacial score (nSPS) is 26.4. The zero-order chi connectivity index (χ0) is 18.0. The zero-order valence-corrected chi connectivity index (χ0v) is 15.0. The van der Waals surface area contributed by atoms with Gasteiger partial charge in [-0.25, -0.2) is 9.18 Å². The van der Waals surface area contributed by atoms with E-state index in [-0.39, 0.29) is 23.9 Å². The van der Waals surface area contributed by atoms with Gasteiger partial charge in [0.1, 0.15) is 11.9 Å². The lowest BCUT2D eigenvalue weighted by molar-refractivity contribution is 0.122. The first-order valence-electron chi connectivity index (χ1n) is 8.64. The van der Waals surface area contributed by atoms with Crippen LogP contribution >= 0.6 is 12.2 Å². The number of aliphatic hydroxyl groups is 1. The molecule has 1 saturated carbocycles. The summed E-state index contributed by atoms with van der Waals surface area (Å²) in [6, 6.07) is 4.93. The lowest BCUT2D eigenvalue weighted by Crippen LogP contribution is -2.32. The number of thiocarbonyl (C=S) groups is 1. The third kappa shape index (κ3) is 4.27.